The second-order valence-corrected chi connectivity index (χ2v) is 4.64. The predicted octanol–water partition coefficient (Wildman–Crippen LogP) is 3.18. The van der Waals surface area contributed by atoms with Crippen LogP contribution in [0.1, 0.15) is 18.7 Å². The molecule has 0 aromatic carbocycles. The van der Waals surface area contributed by atoms with Crippen LogP contribution in [0.2, 0.25) is 5.02 Å². The van der Waals surface area contributed by atoms with Crippen molar-refractivity contribution in [3.63, 3.8) is 0 Å². The lowest BCUT2D eigenvalue weighted by Gasteiger charge is -2.27. The Labute approximate surface area is 86.7 Å². The van der Waals surface area contributed by atoms with E-state index in [0.717, 1.165) is 0 Å². The zero-order valence-electron chi connectivity index (χ0n) is 7.68. The smallest absolute Gasteiger partial charge is 0.160 e. The van der Waals surface area contributed by atoms with Gasteiger partial charge in [-0.2, -0.15) is 0 Å². The zero-order chi connectivity index (χ0) is 10.1. The molecule has 1 atom stereocenters. The molecule has 1 unspecified atom stereocenters. The van der Waals surface area contributed by atoms with Crippen LogP contribution in [0.3, 0.4) is 0 Å². The molecular weight excluding hydrogens is 209 g/mol. The van der Waals surface area contributed by atoms with Gasteiger partial charge in [-0.15, -0.1) is 11.3 Å². The van der Waals surface area contributed by atoms with Gasteiger partial charge in [0, 0.05) is 6.54 Å². The second-order valence-electron chi connectivity index (χ2n) is 3.32. The molecule has 0 saturated carbocycles. The first kappa shape index (κ1) is 11.0. The molecule has 0 saturated heterocycles. The molecule has 74 valence electrons. The summed E-state index contributed by atoms with van der Waals surface area (Å²) in [5.74, 6) is -0.159. The fourth-order valence-corrected chi connectivity index (χ4v) is 2.65. The van der Waals surface area contributed by atoms with E-state index in [2.05, 4.69) is 0 Å². The normalized spacial score (nSPS) is 16.2. The molecule has 0 bridgehead atoms. The summed E-state index contributed by atoms with van der Waals surface area (Å²) in [5, 5.41) is 2.26. The average molecular weight is 222 g/mol. The van der Waals surface area contributed by atoms with Gasteiger partial charge in [0.25, 0.3) is 0 Å². The molecule has 0 aliphatic rings. The summed E-state index contributed by atoms with van der Waals surface area (Å²) in [6.45, 7) is 3.59. The van der Waals surface area contributed by atoms with Crippen LogP contribution in [0.5, 0.6) is 0 Å². The van der Waals surface area contributed by atoms with Crippen molar-refractivity contribution in [3.05, 3.63) is 21.3 Å². The van der Waals surface area contributed by atoms with E-state index in [1.807, 2.05) is 13.8 Å². The van der Waals surface area contributed by atoms with Crippen molar-refractivity contribution < 1.29 is 4.39 Å². The third-order valence-electron chi connectivity index (χ3n) is 2.21. The Hall–Kier alpha value is -0.120. The van der Waals surface area contributed by atoms with Crippen LogP contribution in [-0.2, 0) is 5.67 Å². The van der Waals surface area contributed by atoms with Gasteiger partial charge in [-0.05, 0) is 17.4 Å². The molecule has 0 radical (unpaired) electrons. The number of hydrogen-bond donors (Lipinski definition) is 1. The monoisotopic (exact) mass is 221 g/mol. The number of thiophene rings is 1. The fourth-order valence-electron chi connectivity index (χ4n) is 1.18. The third-order valence-corrected chi connectivity index (χ3v) is 3.70. The molecule has 0 aliphatic carbocycles. The lowest BCUT2D eigenvalue weighted by Crippen LogP contribution is -2.35. The van der Waals surface area contributed by atoms with Gasteiger partial charge in [-0.25, -0.2) is 4.39 Å². The molecule has 1 rings (SSSR count). The standard InChI is InChI=1S/C9H13ClFNS/c1-6(2)9(11,5-12)8-7(10)3-4-13-8/h3-4,6H,5,12H2,1-2H3. The largest absolute Gasteiger partial charge is 0.327 e. The van der Waals surface area contributed by atoms with Crippen LogP contribution in [0.25, 0.3) is 0 Å². The van der Waals surface area contributed by atoms with Crippen LogP contribution in [-0.4, -0.2) is 6.54 Å². The zero-order valence-corrected chi connectivity index (χ0v) is 9.25. The third kappa shape index (κ3) is 1.87. The van der Waals surface area contributed by atoms with E-state index in [9.17, 15) is 4.39 Å². The second kappa shape index (κ2) is 3.95. The summed E-state index contributed by atoms with van der Waals surface area (Å²) in [7, 11) is 0. The van der Waals surface area contributed by atoms with Gasteiger partial charge in [0.05, 0.1) is 9.90 Å². The summed E-state index contributed by atoms with van der Waals surface area (Å²) < 4.78 is 14.3. The van der Waals surface area contributed by atoms with Gasteiger partial charge in [-0.3, -0.25) is 0 Å². The van der Waals surface area contributed by atoms with E-state index in [1.54, 1.807) is 11.4 Å². The number of nitrogens with two attached hydrogens (primary N) is 1. The number of rotatable bonds is 3. The number of hydrogen-bond acceptors (Lipinski definition) is 2. The first-order chi connectivity index (χ1) is 6.02. The van der Waals surface area contributed by atoms with E-state index < -0.39 is 5.67 Å². The van der Waals surface area contributed by atoms with E-state index in [0.29, 0.717) is 9.90 Å². The minimum absolute atomic E-state index is 0.0229. The Kier molecular flexibility index (Phi) is 3.33. The topological polar surface area (TPSA) is 26.0 Å². The van der Waals surface area contributed by atoms with Crippen molar-refractivity contribution in [3.8, 4) is 0 Å². The minimum Gasteiger partial charge on any atom is -0.327 e. The van der Waals surface area contributed by atoms with Gasteiger partial charge in [0.15, 0.2) is 5.67 Å². The van der Waals surface area contributed by atoms with Crippen molar-refractivity contribution in [2.75, 3.05) is 6.54 Å². The molecule has 1 aromatic rings. The highest BCUT2D eigenvalue weighted by molar-refractivity contribution is 7.10. The number of halogens is 2. The van der Waals surface area contributed by atoms with Crippen LogP contribution in [0.15, 0.2) is 11.4 Å². The van der Waals surface area contributed by atoms with Crippen molar-refractivity contribution in [2.45, 2.75) is 19.5 Å². The Balaban J connectivity index is 3.10. The van der Waals surface area contributed by atoms with E-state index in [4.69, 9.17) is 17.3 Å². The summed E-state index contributed by atoms with van der Waals surface area (Å²) in [6.07, 6.45) is 0. The Morgan fingerprint density at radius 3 is 2.62 bits per heavy atom. The summed E-state index contributed by atoms with van der Waals surface area (Å²) in [5.41, 5.74) is 3.96. The van der Waals surface area contributed by atoms with Crippen LogP contribution < -0.4 is 5.73 Å². The van der Waals surface area contributed by atoms with E-state index in [-0.39, 0.29) is 12.5 Å². The SMILES string of the molecule is CC(C)C(F)(CN)c1sccc1Cl. The van der Waals surface area contributed by atoms with Gasteiger partial charge < -0.3 is 5.73 Å². The Bertz CT molecular complexity index is 287. The minimum atomic E-state index is -1.48. The highest BCUT2D eigenvalue weighted by Crippen LogP contribution is 2.40. The highest BCUT2D eigenvalue weighted by atomic mass is 35.5. The van der Waals surface area contributed by atoms with Crippen molar-refractivity contribution >= 4 is 22.9 Å². The van der Waals surface area contributed by atoms with Crippen molar-refractivity contribution in [1.82, 2.24) is 0 Å². The van der Waals surface area contributed by atoms with Crippen molar-refractivity contribution in [2.24, 2.45) is 11.7 Å². The molecule has 0 fully saturated rings. The average Bonchev–Trinajstić information content (AvgIpc) is 2.50. The summed E-state index contributed by atoms with van der Waals surface area (Å²) in [6, 6.07) is 1.70. The van der Waals surface area contributed by atoms with Crippen LogP contribution in [0.4, 0.5) is 4.39 Å². The number of alkyl halides is 1. The first-order valence-corrected chi connectivity index (χ1v) is 5.40. The van der Waals surface area contributed by atoms with E-state index >= 15 is 0 Å². The summed E-state index contributed by atoms with van der Waals surface area (Å²) >= 11 is 7.18. The van der Waals surface area contributed by atoms with Gasteiger partial charge >= 0.3 is 0 Å². The van der Waals surface area contributed by atoms with Gasteiger partial charge in [0.1, 0.15) is 0 Å². The molecule has 0 amide bonds. The molecule has 13 heavy (non-hydrogen) atoms. The molecule has 1 heterocycles. The van der Waals surface area contributed by atoms with Crippen molar-refractivity contribution in [1.29, 1.82) is 0 Å². The maximum absolute atomic E-state index is 14.3. The van der Waals surface area contributed by atoms with Crippen LogP contribution >= 0.6 is 22.9 Å². The molecule has 2 N–H and O–H groups in total. The maximum Gasteiger partial charge on any atom is 0.160 e. The molecule has 0 aliphatic heterocycles. The Morgan fingerprint density at radius 2 is 2.31 bits per heavy atom. The maximum atomic E-state index is 14.3. The van der Waals surface area contributed by atoms with E-state index in [1.165, 1.54) is 11.3 Å². The molecular formula is C9H13ClFNS. The molecule has 1 nitrogen and oxygen atoms in total. The lowest BCUT2D eigenvalue weighted by atomic mass is 9.91. The van der Waals surface area contributed by atoms with Gasteiger partial charge in [-0.1, -0.05) is 25.4 Å². The molecule has 4 heteroatoms. The lowest BCUT2D eigenvalue weighted by molar-refractivity contribution is 0.114. The molecule has 1 aromatic heterocycles. The predicted molar refractivity (Wildman–Crippen MR) is 56.0 cm³/mol. The fraction of sp³-hybridized carbons (Fsp3) is 0.556. The van der Waals surface area contributed by atoms with Crippen LogP contribution in [0, 0.1) is 5.92 Å². The summed E-state index contributed by atoms with van der Waals surface area (Å²) in [4.78, 5) is 0.548. The first-order valence-electron chi connectivity index (χ1n) is 4.14. The van der Waals surface area contributed by atoms with Gasteiger partial charge in [0.2, 0.25) is 0 Å². The quantitative estimate of drug-likeness (QED) is 0.834. The molecule has 0 spiro atoms. The Morgan fingerprint density at radius 1 is 1.69 bits per heavy atom. The highest BCUT2D eigenvalue weighted by Gasteiger charge is 2.37.